The van der Waals surface area contributed by atoms with Gasteiger partial charge in [0.2, 0.25) is 0 Å². The fourth-order valence-corrected chi connectivity index (χ4v) is 1.93. The molecule has 0 radical (unpaired) electrons. The van der Waals surface area contributed by atoms with Crippen LogP contribution in [0.1, 0.15) is 26.3 Å². The van der Waals surface area contributed by atoms with Gasteiger partial charge in [0.15, 0.2) is 0 Å². The topological polar surface area (TPSA) is 35.8 Å². The number of hydrogen-bond acceptors (Lipinski definition) is 2. The molecule has 0 saturated carbocycles. The molecule has 0 amide bonds. The molecule has 17 heavy (non-hydrogen) atoms. The lowest BCUT2D eigenvalue weighted by atomic mass is 9.84. The Balaban J connectivity index is 2.89. The zero-order chi connectivity index (χ0) is 13.1. The van der Waals surface area contributed by atoms with Gasteiger partial charge in [0.25, 0.3) is 0 Å². The number of nitrogens with one attached hydrogen (secondary N) is 1. The van der Waals surface area contributed by atoms with Crippen molar-refractivity contribution >= 4 is 15.9 Å². The molecule has 1 unspecified atom stereocenters. The lowest BCUT2D eigenvalue weighted by Crippen LogP contribution is -2.37. The van der Waals surface area contributed by atoms with Crippen molar-refractivity contribution in [3.05, 3.63) is 34.1 Å². The van der Waals surface area contributed by atoms with Crippen LogP contribution in [0.5, 0.6) is 0 Å². The number of nitrogens with zero attached hydrogens (tertiary/aromatic N) is 1. The summed E-state index contributed by atoms with van der Waals surface area (Å²) in [5, 5.41) is 11.8. The highest BCUT2D eigenvalue weighted by Gasteiger charge is 2.24. The first-order valence-electron chi connectivity index (χ1n) is 5.45. The summed E-state index contributed by atoms with van der Waals surface area (Å²) in [5.41, 5.74) is 0.281. The highest BCUT2D eigenvalue weighted by Crippen LogP contribution is 2.27. The lowest BCUT2D eigenvalue weighted by Gasteiger charge is -2.27. The summed E-state index contributed by atoms with van der Waals surface area (Å²) in [6.07, 6.45) is 0. The van der Waals surface area contributed by atoms with Gasteiger partial charge in [-0.1, -0.05) is 29.8 Å². The molecule has 1 rings (SSSR count). The van der Waals surface area contributed by atoms with Crippen molar-refractivity contribution in [2.24, 2.45) is 0 Å². The van der Waals surface area contributed by atoms with E-state index >= 15 is 0 Å². The SMILES string of the molecule is CC(C#N)NCC(C)(C)c1cc(Br)ccc1F. The van der Waals surface area contributed by atoms with E-state index in [2.05, 4.69) is 27.3 Å². The Morgan fingerprint density at radius 1 is 1.53 bits per heavy atom. The van der Waals surface area contributed by atoms with E-state index in [0.717, 1.165) is 4.47 Å². The molecule has 1 aromatic rings. The van der Waals surface area contributed by atoms with Crippen LogP contribution in [-0.2, 0) is 5.41 Å². The van der Waals surface area contributed by atoms with Crippen molar-refractivity contribution < 1.29 is 4.39 Å². The normalized spacial score (nSPS) is 13.2. The predicted octanol–water partition coefficient (Wildman–Crippen LogP) is 3.37. The maximum absolute atomic E-state index is 13.8. The molecule has 0 spiro atoms. The van der Waals surface area contributed by atoms with Gasteiger partial charge in [0.1, 0.15) is 5.82 Å². The largest absolute Gasteiger partial charge is 0.301 e. The van der Waals surface area contributed by atoms with Gasteiger partial charge in [-0.2, -0.15) is 5.26 Å². The lowest BCUT2D eigenvalue weighted by molar-refractivity contribution is 0.435. The molecule has 0 aromatic heterocycles. The first kappa shape index (κ1) is 14.1. The summed E-state index contributed by atoms with van der Waals surface area (Å²) in [7, 11) is 0. The third-order valence-corrected chi connectivity index (χ3v) is 3.19. The van der Waals surface area contributed by atoms with Gasteiger partial charge in [-0.25, -0.2) is 4.39 Å². The Morgan fingerprint density at radius 2 is 2.18 bits per heavy atom. The zero-order valence-corrected chi connectivity index (χ0v) is 11.8. The van der Waals surface area contributed by atoms with Crippen LogP contribution in [0.3, 0.4) is 0 Å². The minimum atomic E-state index is -0.362. The van der Waals surface area contributed by atoms with Gasteiger partial charge in [-0.05, 0) is 30.7 Å². The molecule has 2 nitrogen and oxygen atoms in total. The molecule has 0 saturated heterocycles. The minimum Gasteiger partial charge on any atom is -0.301 e. The van der Waals surface area contributed by atoms with E-state index in [1.165, 1.54) is 6.07 Å². The van der Waals surface area contributed by atoms with Crippen LogP contribution >= 0.6 is 15.9 Å². The van der Waals surface area contributed by atoms with Crippen molar-refractivity contribution in [2.75, 3.05) is 6.54 Å². The van der Waals surface area contributed by atoms with Crippen molar-refractivity contribution in [2.45, 2.75) is 32.2 Å². The Hall–Kier alpha value is -0.920. The van der Waals surface area contributed by atoms with E-state index in [-0.39, 0.29) is 17.3 Å². The van der Waals surface area contributed by atoms with Crippen molar-refractivity contribution in [1.29, 1.82) is 5.26 Å². The maximum Gasteiger partial charge on any atom is 0.127 e. The molecule has 92 valence electrons. The second-order valence-corrected chi connectivity index (χ2v) is 5.66. The van der Waals surface area contributed by atoms with Gasteiger partial charge < -0.3 is 5.32 Å². The van der Waals surface area contributed by atoms with Crippen molar-refractivity contribution in [3.63, 3.8) is 0 Å². The van der Waals surface area contributed by atoms with Crippen LogP contribution < -0.4 is 5.32 Å². The minimum absolute atomic E-state index is 0.218. The van der Waals surface area contributed by atoms with Gasteiger partial charge in [0, 0.05) is 16.4 Å². The predicted molar refractivity (Wildman–Crippen MR) is 70.2 cm³/mol. The summed E-state index contributed by atoms with van der Waals surface area (Å²) in [5.74, 6) is -0.218. The summed E-state index contributed by atoms with van der Waals surface area (Å²) in [6.45, 7) is 6.24. The number of benzene rings is 1. The molecule has 1 aromatic carbocycles. The van der Waals surface area contributed by atoms with Crippen molar-refractivity contribution in [1.82, 2.24) is 5.32 Å². The van der Waals surface area contributed by atoms with Crippen LogP contribution in [0.25, 0.3) is 0 Å². The van der Waals surface area contributed by atoms with Crippen LogP contribution in [0.4, 0.5) is 4.39 Å². The van der Waals surface area contributed by atoms with Gasteiger partial charge >= 0.3 is 0 Å². The summed E-state index contributed by atoms with van der Waals surface area (Å²) in [4.78, 5) is 0. The molecule has 0 aliphatic heterocycles. The highest BCUT2D eigenvalue weighted by molar-refractivity contribution is 9.10. The zero-order valence-electron chi connectivity index (χ0n) is 10.2. The van der Waals surface area contributed by atoms with E-state index in [9.17, 15) is 4.39 Å². The van der Waals surface area contributed by atoms with Gasteiger partial charge in [-0.3, -0.25) is 0 Å². The third-order valence-electron chi connectivity index (χ3n) is 2.70. The molecule has 1 atom stereocenters. The first-order chi connectivity index (χ1) is 7.86. The summed E-state index contributed by atoms with van der Waals surface area (Å²) >= 11 is 3.34. The first-order valence-corrected chi connectivity index (χ1v) is 6.24. The second kappa shape index (κ2) is 5.61. The molecule has 0 aliphatic rings. The maximum atomic E-state index is 13.8. The Labute approximate surface area is 110 Å². The Morgan fingerprint density at radius 3 is 2.76 bits per heavy atom. The average Bonchev–Trinajstić information content (AvgIpc) is 2.29. The van der Waals surface area contributed by atoms with Crippen molar-refractivity contribution in [3.8, 4) is 6.07 Å². The number of nitriles is 1. The molecule has 0 fully saturated rings. The van der Waals surface area contributed by atoms with E-state index in [1.54, 1.807) is 19.1 Å². The smallest absolute Gasteiger partial charge is 0.127 e. The monoisotopic (exact) mass is 298 g/mol. The molecule has 0 aliphatic carbocycles. The Kier molecular flexibility index (Phi) is 4.67. The van der Waals surface area contributed by atoms with Crippen LogP contribution in [0.15, 0.2) is 22.7 Å². The van der Waals surface area contributed by atoms with E-state index in [4.69, 9.17) is 5.26 Å². The number of hydrogen-bond donors (Lipinski definition) is 1. The molecule has 1 N–H and O–H groups in total. The van der Waals surface area contributed by atoms with Gasteiger partial charge in [0.05, 0.1) is 12.1 Å². The number of rotatable bonds is 4. The summed E-state index contributed by atoms with van der Waals surface area (Å²) < 4.78 is 14.6. The van der Waals surface area contributed by atoms with E-state index in [0.29, 0.717) is 12.1 Å². The summed E-state index contributed by atoms with van der Waals surface area (Å²) in [6, 6.07) is 6.79. The van der Waals surface area contributed by atoms with E-state index in [1.807, 2.05) is 13.8 Å². The van der Waals surface area contributed by atoms with Crippen LogP contribution in [-0.4, -0.2) is 12.6 Å². The molecular formula is C13H16BrFN2. The molecule has 0 bridgehead atoms. The average molecular weight is 299 g/mol. The van der Waals surface area contributed by atoms with Gasteiger partial charge in [-0.15, -0.1) is 0 Å². The Bertz CT molecular complexity index is 438. The fraction of sp³-hybridized carbons (Fsp3) is 0.462. The third kappa shape index (κ3) is 3.79. The standard InChI is InChI=1S/C13H16BrFN2/c1-9(7-16)17-8-13(2,3)11-6-10(14)4-5-12(11)15/h4-6,9,17H,8H2,1-3H3. The number of halogens is 2. The fourth-order valence-electron chi connectivity index (χ4n) is 1.57. The van der Waals surface area contributed by atoms with E-state index < -0.39 is 0 Å². The van der Waals surface area contributed by atoms with Crippen LogP contribution in [0.2, 0.25) is 0 Å². The molecule has 0 heterocycles. The quantitative estimate of drug-likeness (QED) is 0.925. The molecular weight excluding hydrogens is 283 g/mol. The highest BCUT2D eigenvalue weighted by atomic mass is 79.9. The second-order valence-electron chi connectivity index (χ2n) is 4.74. The van der Waals surface area contributed by atoms with Crippen LogP contribution in [0, 0.1) is 17.1 Å². The molecule has 4 heteroatoms.